The van der Waals surface area contributed by atoms with Crippen LogP contribution < -0.4 is 4.74 Å². The van der Waals surface area contributed by atoms with Gasteiger partial charge in [-0.15, -0.1) is 0 Å². The Labute approximate surface area is 166 Å². The maximum atomic E-state index is 12.8. The van der Waals surface area contributed by atoms with Gasteiger partial charge < -0.3 is 9.64 Å². The number of carbonyl (C=O) groups is 1. The quantitative estimate of drug-likeness (QED) is 0.724. The first-order chi connectivity index (χ1) is 13.4. The van der Waals surface area contributed by atoms with Gasteiger partial charge in [-0.05, 0) is 31.2 Å². The van der Waals surface area contributed by atoms with Gasteiger partial charge in [0, 0.05) is 37.8 Å². The van der Waals surface area contributed by atoms with Crippen LogP contribution in [0.5, 0.6) is 5.75 Å². The number of ether oxygens (including phenoxy) is 1. The second-order valence-corrected chi connectivity index (χ2v) is 8.56. The van der Waals surface area contributed by atoms with Crippen molar-refractivity contribution in [1.29, 1.82) is 0 Å². The Morgan fingerprint density at radius 1 is 1.00 bits per heavy atom. The van der Waals surface area contributed by atoms with Gasteiger partial charge in [-0.2, -0.15) is 4.31 Å². The molecule has 2 aromatic carbocycles. The molecule has 28 heavy (non-hydrogen) atoms. The summed E-state index contributed by atoms with van der Waals surface area (Å²) in [6, 6.07) is 14.3. The van der Waals surface area contributed by atoms with Crippen LogP contribution in [0.1, 0.15) is 11.1 Å². The van der Waals surface area contributed by atoms with Crippen LogP contribution >= 0.6 is 0 Å². The Morgan fingerprint density at radius 2 is 1.64 bits per heavy atom. The lowest BCUT2D eigenvalue weighted by Gasteiger charge is -2.33. The average Bonchev–Trinajstić information content (AvgIpc) is 2.72. The minimum atomic E-state index is -3.53. The maximum absolute atomic E-state index is 12.8. The van der Waals surface area contributed by atoms with Crippen molar-refractivity contribution in [3.8, 4) is 5.75 Å². The molecule has 148 valence electrons. The molecule has 0 saturated carbocycles. The summed E-state index contributed by atoms with van der Waals surface area (Å²) in [5.41, 5.74) is 1.83. The second-order valence-electron chi connectivity index (χ2n) is 6.62. The van der Waals surface area contributed by atoms with Gasteiger partial charge in [0.05, 0.1) is 12.0 Å². The molecule has 1 saturated heterocycles. The Balaban J connectivity index is 1.62. The van der Waals surface area contributed by atoms with E-state index in [1.807, 2.05) is 31.2 Å². The summed E-state index contributed by atoms with van der Waals surface area (Å²) in [5.74, 6) is 0.554. The lowest BCUT2D eigenvalue weighted by molar-refractivity contribution is -0.127. The molecule has 1 heterocycles. The van der Waals surface area contributed by atoms with Gasteiger partial charge in [0.25, 0.3) is 0 Å². The highest BCUT2D eigenvalue weighted by Gasteiger charge is 2.29. The molecule has 0 atom stereocenters. The standard InChI is InChI=1S/C21H24N2O4S/c1-17-7-10-19(11-8-17)28(25,26)23-15-13-22(14-16-23)21(24)12-9-18-5-3-4-6-20(18)27-2/h3-12H,13-16H2,1-2H3/b12-9+. The van der Waals surface area contributed by atoms with Gasteiger partial charge in [-0.1, -0.05) is 35.9 Å². The normalized spacial score (nSPS) is 15.7. The van der Waals surface area contributed by atoms with Crippen molar-refractivity contribution in [3.63, 3.8) is 0 Å². The van der Waals surface area contributed by atoms with Crippen molar-refractivity contribution >= 4 is 22.0 Å². The van der Waals surface area contributed by atoms with E-state index in [1.54, 1.807) is 42.4 Å². The summed E-state index contributed by atoms with van der Waals surface area (Å²) in [5, 5.41) is 0. The average molecular weight is 401 g/mol. The van der Waals surface area contributed by atoms with Crippen LogP contribution in [0.25, 0.3) is 6.08 Å². The van der Waals surface area contributed by atoms with Crippen LogP contribution in [0.3, 0.4) is 0 Å². The zero-order valence-corrected chi connectivity index (χ0v) is 16.9. The highest BCUT2D eigenvalue weighted by Crippen LogP contribution is 2.20. The topological polar surface area (TPSA) is 66.9 Å². The van der Waals surface area contributed by atoms with Crippen molar-refractivity contribution in [2.75, 3.05) is 33.3 Å². The van der Waals surface area contributed by atoms with Crippen LogP contribution in [0.15, 0.2) is 59.5 Å². The molecule has 0 bridgehead atoms. The molecule has 0 spiro atoms. The number of benzene rings is 2. The van der Waals surface area contributed by atoms with E-state index in [9.17, 15) is 13.2 Å². The van der Waals surface area contributed by atoms with Gasteiger partial charge in [0.15, 0.2) is 0 Å². The van der Waals surface area contributed by atoms with Crippen molar-refractivity contribution in [1.82, 2.24) is 9.21 Å². The molecule has 1 aliphatic rings. The zero-order chi connectivity index (χ0) is 20.1. The molecule has 3 rings (SSSR count). The van der Waals surface area contributed by atoms with Crippen LogP contribution in [0.2, 0.25) is 0 Å². The number of para-hydroxylation sites is 1. The third-order valence-electron chi connectivity index (χ3n) is 4.75. The highest BCUT2D eigenvalue weighted by atomic mass is 32.2. The Bertz CT molecular complexity index is 960. The predicted octanol–water partition coefficient (Wildman–Crippen LogP) is 2.55. The summed E-state index contributed by atoms with van der Waals surface area (Å²) < 4.78 is 32.2. The van der Waals surface area contributed by atoms with E-state index in [4.69, 9.17) is 4.74 Å². The summed E-state index contributed by atoms with van der Waals surface area (Å²) in [6.45, 7) is 3.20. The van der Waals surface area contributed by atoms with Crippen molar-refractivity contribution in [2.45, 2.75) is 11.8 Å². The van der Waals surface area contributed by atoms with Crippen LogP contribution in [0, 0.1) is 6.92 Å². The van der Waals surface area contributed by atoms with Crippen molar-refractivity contribution in [3.05, 3.63) is 65.7 Å². The molecule has 1 aliphatic heterocycles. The fourth-order valence-corrected chi connectivity index (χ4v) is 4.50. The minimum absolute atomic E-state index is 0.140. The summed E-state index contributed by atoms with van der Waals surface area (Å²) in [7, 11) is -1.95. The van der Waals surface area contributed by atoms with E-state index >= 15 is 0 Å². The molecule has 0 aliphatic carbocycles. The number of rotatable bonds is 5. The fourth-order valence-electron chi connectivity index (χ4n) is 3.08. The first-order valence-corrected chi connectivity index (χ1v) is 10.5. The first-order valence-electron chi connectivity index (χ1n) is 9.08. The van der Waals surface area contributed by atoms with Crippen LogP contribution in [-0.4, -0.2) is 56.8 Å². The number of nitrogens with zero attached hydrogens (tertiary/aromatic N) is 2. The summed E-state index contributed by atoms with van der Waals surface area (Å²) in [6.07, 6.45) is 3.22. The maximum Gasteiger partial charge on any atom is 0.246 e. The van der Waals surface area contributed by atoms with E-state index in [2.05, 4.69) is 0 Å². The Morgan fingerprint density at radius 3 is 2.29 bits per heavy atom. The lowest BCUT2D eigenvalue weighted by Crippen LogP contribution is -2.50. The number of piperazine rings is 1. The first kappa shape index (κ1) is 20.1. The number of hydrogen-bond acceptors (Lipinski definition) is 4. The number of amides is 1. The van der Waals surface area contributed by atoms with E-state index < -0.39 is 10.0 Å². The molecule has 0 aromatic heterocycles. The number of carbonyl (C=O) groups excluding carboxylic acids is 1. The number of methoxy groups -OCH3 is 1. The molecule has 0 unspecified atom stereocenters. The third kappa shape index (κ3) is 4.43. The highest BCUT2D eigenvalue weighted by molar-refractivity contribution is 7.89. The Hall–Kier alpha value is -2.64. The largest absolute Gasteiger partial charge is 0.496 e. The van der Waals surface area contributed by atoms with E-state index in [0.717, 1.165) is 11.1 Å². The molecular weight excluding hydrogens is 376 g/mol. The molecule has 2 aromatic rings. The van der Waals surface area contributed by atoms with Crippen molar-refractivity contribution in [2.24, 2.45) is 0 Å². The molecule has 1 amide bonds. The molecule has 7 heteroatoms. The second kappa shape index (κ2) is 8.58. The number of sulfonamides is 1. The molecule has 0 radical (unpaired) electrons. The molecular formula is C21H24N2O4S. The zero-order valence-electron chi connectivity index (χ0n) is 16.0. The van der Waals surface area contributed by atoms with Crippen molar-refractivity contribution < 1.29 is 17.9 Å². The fraction of sp³-hybridized carbons (Fsp3) is 0.286. The Kier molecular flexibility index (Phi) is 6.16. The van der Waals surface area contributed by atoms with Gasteiger partial charge in [0.2, 0.25) is 15.9 Å². The van der Waals surface area contributed by atoms with Gasteiger partial charge in [0.1, 0.15) is 5.75 Å². The van der Waals surface area contributed by atoms with Crippen LogP contribution in [0.4, 0.5) is 0 Å². The monoisotopic (exact) mass is 400 g/mol. The smallest absolute Gasteiger partial charge is 0.246 e. The van der Waals surface area contributed by atoms with E-state index in [-0.39, 0.29) is 23.9 Å². The molecule has 6 nitrogen and oxygen atoms in total. The van der Waals surface area contributed by atoms with E-state index in [1.165, 1.54) is 10.4 Å². The minimum Gasteiger partial charge on any atom is -0.496 e. The molecule has 1 fully saturated rings. The predicted molar refractivity (Wildman–Crippen MR) is 109 cm³/mol. The number of aryl methyl sites for hydroxylation is 1. The van der Waals surface area contributed by atoms with Gasteiger partial charge in [-0.3, -0.25) is 4.79 Å². The summed E-state index contributed by atoms with van der Waals surface area (Å²) >= 11 is 0. The van der Waals surface area contributed by atoms with E-state index in [0.29, 0.717) is 18.8 Å². The van der Waals surface area contributed by atoms with Crippen LogP contribution in [-0.2, 0) is 14.8 Å². The van der Waals surface area contributed by atoms with Gasteiger partial charge in [-0.25, -0.2) is 8.42 Å². The molecule has 0 N–H and O–H groups in total. The lowest BCUT2D eigenvalue weighted by atomic mass is 10.2. The summed E-state index contributed by atoms with van der Waals surface area (Å²) in [4.78, 5) is 14.4. The van der Waals surface area contributed by atoms with Gasteiger partial charge >= 0.3 is 0 Å². The number of hydrogen-bond donors (Lipinski definition) is 0. The third-order valence-corrected chi connectivity index (χ3v) is 6.67. The SMILES string of the molecule is COc1ccccc1/C=C/C(=O)N1CCN(S(=O)(=O)c2ccc(C)cc2)CC1.